The first kappa shape index (κ1) is 27.0. The van der Waals surface area contributed by atoms with Gasteiger partial charge in [-0.1, -0.05) is 44.2 Å². The molecule has 0 heterocycles. The lowest BCUT2D eigenvalue weighted by atomic mass is 9.88. The topological polar surface area (TPSA) is 103 Å². The summed E-state index contributed by atoms with van der Waals surface area (Å²) in [6.45, 7) is 9.19. The Morgan fingerprint density at radius 3 is 2.22 bits per heavy atom. The molecular weight excluding hydrogens is 408 g/mol. The molecule has 0 fully saturated rings. The molecule has 0 aliphatic carbocycles. The number of rotatable bonds is 10. The van der Waals surface area contributed by atoms with Gasteiger partial charge in [-0.3, -0.25) is 9.59 Å². The van der Waals surface area contributed by atoms with Gasteiger partial charge in [-0.15, -0.1) is 0 Å². The van der Waals surface area contributed by atoms with E-state index in [1.165, 1.54) is 19.1 Å². The van der Waals surface area contributed by atoms with Gasteiger partial charge in [-0.05, 0) is 45.1 Å². The van der Waals surface area contributed by atoms with Crippen molar-refractivity contribution in [1.29, 1.82) is 5.26 Å². The number of benzene rings is 1. The Hall–Kier alpha value is -3.08. The molecule has 32 heavy (non-hydrogen) atoms. The summed E-state index contributed by atoms with van der Waals surface area (Å²) in [4.78, 5) is 38.7. The zero-order valence-electron chi connectivity index (χ0n) is 20.2. The van der Waals surface area contributed by atoms with Gasteiger partial charge in [0.1, 0.15) is 5.60 Å². The van der Waals surface area contributed by atoms with E-state index in [1.54, 1.807) is 20.8 Å². The molecule has 0 aliphatic rings. The van der Waals surface area contributed by atoms with Crippen LogP contribution >= 0.6 is 0 Å². The number of ether oxygens (including phenoxy) is 1. The van der Waals surface area contributed by atoms with Crippen LogP contribution in [-0.4, -0.2) is 53.5 Å². The maximum Gasteiger partial charge on any atom is 0.408 e. The van der Waals surface area contributed by atoms with E-state index in [9.17, 15) is 14.4 Å². The van der Waals surface area contributed by atoms with Crippen LogP contribution in [-0.2, 0) is 20.7 Å². The van der Waals surface area contributed by atoms with E-state index in [2.05, 4.69) is 5.32 Å². The fourth-order valence-electron chi connectivity index (χ4n) is 3.25. The first-order valence-electron chi connectivity index (χ1n) is 10.8. The predicted octanol–water partition coefficient (Wildman–Crippen LogP) is 3.53. The van der Waals surface area contributed by atoms with Crippen molar-refractivity contribution in [2.75, 3.05) is 14.1 Å². The number of nitriles is 1. The molecular formula is C24H36N4O4. The fraction of sp³-hybridized carbons (Fsp3) is 0.583. The maximum absolute atomic E-state index is 13.3. The lowest BCUT2D eigenvalue weighted by Crippen LogP contribution is -2.47. The third kappa shape index (κ3) is 9.38. The quantitative estimate of drug-likeness (QED) is 0.336. The minimum absolute atomic E-state index is 0.0477. The molecule has 0 aliphatic heterocycles. The lowest BCUT2D eigenvalue weighted by molar-refractivity contribution is -0.146. The van der Waals surface area contributed by atoms with E-state index in [0.717, 1.165) is 10.6 Å². The summed E-state index contributed by atoms with van der Waals surface area (Å²) >= 11 is 0. The second-order valence-corrected chi connectivity index (χ2v) is 9.37. The second kappa shape index (κ2) is 12.1. The van der Waals surface area contributed by atoms with Gasteiger partial charge < -0.3 is 10.1 Å². The van der Waals surface area contributed by atoms with E-state index in [1.807, 2.05) is 50.4 Å². The average Bonchev–Trinajstić information content (AvgIpc) is 2.70. The molecule has 0 saturated carbocycles. The molecule has 176 valence electrons. The van der Waals surface area contributed by atoms with Gasteiger partial charge in [0, 0.05) is 26.4 Å². The number of carbonyl (C=O) groups is 3. The highest BCUT2D eigenvalue weighted by molar-refractivity contribution is 5.91. The summed E-state index contributed by atoms with van der Waals surface area (Å²) in [7, 11) is 2.98. The molecule has 0 radical (unpaired) electrons. The second-order valence-electron chi connectivity index (χ2n) is 9.37. The number of hydrogen-bond donors (Lipinski definition) is 1. The van der Waals surface area contributed by atoms with Crippen LogP contribution in [0.25, 0.3) is 0 Å². The number of carbonyl (C=O) groups excluding carboxylic acids is 3. The van der Waals surface area contributed by atoms with Crippen molar-refractivity contribution in [1.82, 2.24) is 15.3 Å². The molecule has 0 bridgehead atoms. The van der Waals surface area contributed by atoms with Crippen LogP contribution in [0.15, 0.2) is 30.3 Å². The minimum atomic E-state index is -0.839. The van der Waals surface area contributed by atoms with Gasteiger partial charge in [0.25, 0.3) is 0 Å². The number of nitrogens with zero attached hydrogens (tertiary/aromatic N) is 3. The lowest BCUT2D eigenvalue weighted by Gasteiger charge is -2.29. The first-order valence-corrected chi connectivity index (χ1v) is 10.8. The van der Waals surface area contributed by atoms with E-state index in [-0.39, 0.29) is 30.4 Å². The van der Waals surface area contributed by atoms with Crippen molar-refractivity contribution in [3.63, 3.8) is 0 Å². The monoisotopic (exact) mass is 444 g/mol. The number of nitrogens with one attached hydrogen (secondary N) is 1. The molecule has 0 saturated heterocycles. The number of amides is 2. The number of Topliss-reactive ketones (excluding diaryl/α,β-unsaturated/α-hetero) is 1. The van der Waals surface area contributed by atoms with Crippen LogP contribution in [0, 0.1) is 23.3 Å². The summed E-state index contributed by atoms with van der Waals surface area (Å²) in [6, 6.07) is 8.52. The highest BCUT2D eigenvalue weighted by Crippen LogP contribution is 2.21. The van der Waals surface area contributed by atoms with Crippen molar-refractivity contribution in [2.24, 2.45) is 11.8 Å². The summed E-state index contributed by atoms with van der Waals surface area (Å²) < 4.78 is 5.34. The number of hydrazine groups is 1. The van der Waals surface area contributed by atoms with Crippen molar-refractivity contribution in [3.8, 4) is 6.19 Å². The standard InChI is InChI=1S/C24H36N4O4/c1-17(2)13-19(22(30)28(7)27(6)16-25)15-21(29)20(14-18-11-9-8-10-12-18)26-23(31)32-24(3,4)5/h8-12,17,19-20H,13-15H2,1-7H3,(H,26,31)/t19-,20+/m1/s1. The molecule has 0 unspecified atom stereocenters. The molecule has 0 spiro atoms. The third-order valence-electron chi connectivity index (χ3n) is 4.83. The van der Waals surface area contributed by atoms with Crippen LogP contribution in [0.1, 0.15) is 53.0 Å². The third-order valence-corrected chi connectivity index (χ3v) is 4.83. The summed E-state index contributed by atoms with van der Waals surface area (Å²) in [5, 5.41) is 14.1. The minimum Gasteiger partial charge on any atom is -0.444 e. The summed E-state index contributed by atoms with van der Waals surface area (Å²) in [5.41, 5.74) is 0.181. The maximum atomic E-state index is 13.3. The average molecular weight is 445 g/mol. The largest absolute Gasteiger partial charge is 0.444 e. The number of hydrogen-bond acceptors (Lipinski definition) is 6. The van der Waals surface area contributed by atoms with Gasteiger partial charge in [0.15, 0.2) is 12.0 Å². The van der Waals surface area contributed by atoms with Gasteiger partial charge in [0.2, 0.25) is 5.91 Å². The Kier molecular flexibility index (Phi) is 10.2. The Morgan fingerprint density at radius 1 is 1.12 bits per heavy atom. The van der Waals surface area contributed by atoms with Crippen molar-refractivity contribution in [2.45, 2.75) is 65.5 Å². The van der Waals surface area contributed by atoms with E-state index < -0.39 is 23.7 Å². The molecule has 1 N–H and O–H groups in total. The predicted molar refractivity (Wildman–Crippen MR) is 122 cm³/mol. The zero-order chi connectivity index (χ0) is 24.5. The molecule has 8 heteroatoms. The molecule has 0 aromatic heterocycles. The Bertz CT molecular complexity index is 812. The van der Waals surface area contributed by atoms with Crippen molar-refractivity contribution < 1.29 is 19.1 Å². The van der Waals surface area contributed by atoms with Crippen LogP contribution in [0.4, 0.5) is 4.79 Å². The van der Waals surface area contributed by atoms with Gasteiger partial charge in [0.05, 0.1) is 6.04 Å². The van der Waals surface area contributed by atoms with E-state index >= 15 is 0 Å². The highest BCUT2D eigenvalue weighted by Gasteiger charge is 2.31. The molecule has 1 aromatic rings. The molecule has 2 amide bonds. The molecule has 1 aromatic carbocycles. The van der Waals surface area contributed by atoms with Gasteiger partial charge in [-0.2, -0.15) is 5.26 Å². The van der Waals surface area contributed by atoms with Crippen LogP contribution in [0.3, 0.4) is 0 Å². The number of alkyl carbamates (subject to hydrolysis) is 1. The highest BCUT2D eigenvalue weighted by atomic mass is 16.6. The Labute approximate surface area is 191 Å². The fourth-order valence-corrected chi connectivity index (χ4v) is 3.25. The first-order chi connectivity index (χ1) is 14.8. The van der Waals surface area contributed by atoms with Crippen LogP contribution in [0.2, 0.25) is 0 Å². The summed E-state index contributed by atoms with van der Waals surface area (Å²) in [5.74, 6) is -1.01. The van der Waals surface area contributed by atoms with Crippen LogP contribution in [0.5, 0.6) is 0 Å². The van der Waals surface area contributed by atoms with Gasteiger partial charge in [-0.25, -0.2) is 14.8 Å². The van der Waals surface area contributed by atoms with Gasteiger partial charge >= 0.3 is 6.09 Å². The SMILES string of the molecule is CC(C)C[C@H](CC(=O)[C@H](Cc1ccccc1)NC(=O)OC(C)(C)C)C(=O)N(C)N(C)C#N. The van der Waals surface area contributed by atoms with E-state index in [0.29, 0.717) is 6.42 Å². The Morgan fingerprint density at radius 2 is 1.72 bits per heavy atom. The normalized spacial score (nSPS) is 13.0. The smallest absolute Gasteiger partial charge is 0.408 e. The molecule has 1 rings (SSSR count). The Balaban J connectivity index is 3.08. The zero-order valence-corrected chi connectivity index (χ0v) is 20.2. The summed E-state index contributed by atoms with van der Waals surface area (Å²) in [6.07, 6.45) is 1.93. The van der Waals surface area contributed by atoms with Crippen LogP contribution < -0.4 is 5.32 Å². The molecule has 2 atom stereocenters. The molecule has 8 nitrogen and oxygen atoms in total. The number of ketones is 1. The van der Waals surface area contributed by atoms with E-state index in [4.69, 9.17) is 10.00 Å². The van der Waals surface area contributed by atoms with Crippen molar-refractivity contribution in [3.05, 3.63) is 35.9 Å². The van der Waals surface area contributed by atoms with Crippen molar-refractivity contribution >= 4 is 17.8 Å².